The molecule has 0 saturated heterocycles. The molecule has 1 aliphatic rings. The molecule has 0 spiro atoms. The molecular formula is C19H24ClN5. The number of anilines is 1. The van der Waals surface area contributed by atoms with Crippen molar-refractivity contribution >= 4 is 24.2 Å². The second-order valence-electron chi connectivity index (χ2n) is 5.86. The van der Waals surface area contributed by atoms with Crippen molar-refractivity contribution in [1.29, 1.82) is 0 Å². The lowest BCUT2D eigenvalue weighted by Gasteiger charge is -2.33. The molecule has 5 nitrogen and oxygen atoms in total. The van der Waals surface area contributed by atoms with Gasteiger partial charge in [0.05, 0.1) is 11.4 Å². The first-order valence-corrected chi connectivity index (χ1v) is 8.17. The molecule has 2 aromatic carbocycles. The van der Waals surface area contributed by atoms with Crippen molar-refractivity contribution in [3.8, 4) is 0 Å². The first-order chi connectivity index (χ1) is 11.7. The zero-order valence-corrected chi connectivity index (χ0v) is 15.6. The van der Waals surface area contributed by atoms with Crippen LogP contribution in [0.25, 0.3) is 6.08 Å². The number of rotatable bonds is 5. The van der Waals surface area contributed by atoms with Crippen LogP contribution in [0.1, 0.15) is 12.5 Å². The van der Waals surface area contributed by atoms with Gasteiger partial charge in [-0.2, -0.15) is 0 Å². The average molecular weight is 358 g/mol. The minimum Gasteiger partial charge on any atom is -0.378 e. The standard InChI is InChI=1S/C19H23N5.ClH/c1-4-23-19(24(21-20-23)17-13-9-6-10-14-17)18(22(2)3)15-16-11-7-5-8-12-16;/h5-15,19H,4H2,1-3H3;1H. The summed E-state index contributed by atoms with van der Waals surface area (Å²) in [6.45, 7) is 2.88. The van der Waals surface area contributed by atoms with Crippen molar-refractivity contribution in [2.75, 3.05) is 25.6 Å². The molecule has 3 rings (SSSR count). The molecule has 0 saturated carbocycles. The maximum absolute atomic E-state index is 4.40. The fourth-order valence-corrected chi connectivity index (χ4v) is 2.76. The Morgan fingerprint density at radius 1 is 1.00 bits per heavy atom. The van der Waals surface area contributed by atoms with E-state index in [0.29, 0.717) is 0 Å². The summed E-state index contributed by atoms with van der Waals surface area (Å²) in [5.74, 6) is 0. The predicted octanol–water partition coefficient (Wildman–Crippen LogP) is 4.46. The third-order valence-corrected chi connectivity index (χ3v) is 4.01. The van der Waals surface area contributed by atoms with E-state index < -0.39 is 0 Å². The van der Waals surface area contributed by atoms with Gasteiger partial charge in [0.1, 0.15) is 0 Å². The molecule has 0 amide bonds. The third-order valence-electron chi connectivity index (χ3n) is 4.01. The van der Waals surface area contributed by atoms with Gasteiger partial charge in [0.25, 0.3) is 0 Å². The van der Waals surface area contributed by atoms with E-state index >= 15 is 0 Å². The predicted molar refractivity (Wildman–Crippen MR) is 105 cm³/mol. The maximum Gasteiger partial charge on any atom is 0.182 e. The number of hydrogen-bond donors (Lipinski definition) is 0. The highest BCUT2D eigenvalue weighted by Gasteiger charge is 2.34. The Balaban J connectivity index is 0.00000225. The summed E-state index contributed by atoms with van der Waals surface area (Å²) in [5, 5.41) is 12.7. The van der Waals surface area contributed by atoms with Crippen molar-refractivity contribution in [3.05, 3.63) is 71.9 Å². The van der Waals surface area contributed by atoms with Crippen LogP contribution in [0.5, 0.6) is 0 Å². The monoisotopic (exact) mass is 357 g/mol. The van der Waals surface area contributed by atoms with E-state index in [1.165, 1.54) is 0 Å². The van der Waals surface area contributed by atoms with Gasteiger partial charge in [-0.15, -0.1) is 12.4 Å². The SMILES string of the molecule is CCN1N=NN(c2ccccc2)C1C(=Cc1ccccc1)N(C)C.Cl. The van der Waals surface area contributed by atoms with Crippen molar-refractivity contribution in [2.24, 2.45) is 10.4 Å². The van der Waals surface area contributed by atoms with E-state index in [-0.39, 0.29) is 18.6 Å². The summed E-state index contributed by atoms with van der Waals surface area (Å²) < 4.78 is 0. The molecule has 0 bridgehead atoms. The quantitative estimate of drug-likeness (QED) is 0.792. The van der Waals surface area contributed by atoms with Crippen LogP contribution in [0.15, 0.2) is 76.8 Å². The van der Waals surface area contributed by atoms with Gasteiger partial charge in [-0.1, -0.05) is 53.8 Å². The van der Waals surface area contributed by atoms with Gasteiger partial charge in [-0.25, -0.2) is 10.0 Å². The van der Waals surface area contributed by atoms with Gasteiger partial charge >= 0.3 is 0 Å². The third kappa shape index (κ3) is 4.12. The molecule has 1 aliphatic heterocycles. The molecule has 0 aromatic heterocycles. The molecule has 1 heterocycles. The van der Waals surface area contributed by atoms with E-state index in [2.05, 4.69) is 78.8 Å². The zero-order valence-electron chi connectivity index (χ0n) is 14.8. The molecule has 0 N–H and O–H groups in total. The lowest BCUT2D eigenvalue weighted by atomic mass is 10.1. The van der Waals surface area contributed by atoms with Gasteiger partial charge in [0.15, 0.2) is 6.17 Å². The van der Waals surface area contributed by atoms with Gasteiger partial charge < -0.3 is 4.90 Å². The van der Waals surface area contributed by atoms with E-state index in [0.717, 1.165) is 23.5 Å². The van der Waals surface area contributed by atoms with Crippen LogP contribution < -0.4 is 5.01 Å². The largest absolute Gasteiger partial charge is 0.378 e. The van der Waals surface area contributed by atoms with Gasteiger partial charge in [0, 0.05) is 20.6 Å². The fraction of sp³-hybridized carbons (Fsp3) is 0.263. The zero-order chi connectivity index (χ0) is 16.9. The highest BCUT2D eigenvalue weighted by molar-refractivity contribution is 5.85. The molecule has 1 atom stereocenters. The Morgan fingerprint density at radius 2 is 1.60 bits per heavy atom. The molecule has 2 aromatic rings. The van der Waals surface area contributed by atoms with Crippen LogP contribution in [-0.2, 0) is 0 Å². The number of hydrogen-bond acceptors (Lipinski definition) is 5. The maximum atomic E-state index is 4.40. The minimum atomic E-state index is -0.0624. The van der Waals surface area contributed by atoms with Crippen molar-refractivity contribution in [3.63, 3.8) is 0 Å². The van der Waals surface area contributed by atoms with Crippen molar-refractivity contribution in [2.45, 2.75) is 13.1 Å². The topological polar surface area (TPSA) is 34.4 Å². The Bertz CT molecular complexity index is 715. The summed E-state index contributed by atoms with van der Waals surface area (Å²) in [5.41, 5.74) is 3.33. The Morgan fingerprint density at radius 3 is 2.16 bits per heavy atom. The van der Waals surface area contributed by atoms with Crippen LogP contribution in [-0.4, -0.2) is 36.7 Å². The summed E-state index contributed by atoms with van der Waals surface area (Å²) in [6.07, 6.45) is 2.13. The number of halogens is 1. The number of nitrogens with zero attached hydrogens (tertiary/aromatic N) is 5. The van der Waals surface area contributed by atoms with Crippen molar-refractivity contribution in [1.82, 2.24) is 9.91 Å². The van der Waals surface area contributed by atoms with E-state index in [4.69, 9.17) is 0 Å². The van der Waals surface area contributed by atoms with Gasteiger partial charge in [-0.3, -0.25) is 0 Å². The van der Waals surface area contributed by atoms with Crippen molar-refractivity contribution < 1.29 is 0 Å². The van der Waals surface area contributed by atoms with Crippen LogP contribution in [0.2, 0.25) is 0 Å². The summed E-state index contributed by atoms with van der Waals surface area (Å²) >= 11 is 0. The first kappa shape index (κ1) is 18.8. The number of para-hydroxylation sites is 1. The number of benzene rings is 2. The van der Waals surface area contributed by atoms with E-state index in [1.54, 1.807) is 0 Å². The smallest absolute Gasteiger partial charge is 0.182 e. The molecule has 0 aliphatic carbocycles. The first-order valence-electron chi connectivity index (χ1n) is 8.17. The van der Waals surface area contributed by atoms with Gasteiger partial charge in [0.2, 0.25) is 0 Å². The number of likely N-dealkylation sites (N-methyl/N-ethyl adjacent to an activating group) is 2. The van der Waals surface area contributed by atoms with Crippen LogP contribution >= 0.6 is 12.4 Å². The lowest BCUT2D eigenvalue weighted by molar-refractivity contribution is 0.242. The second kappa shape index (κ2) is 8.53. The summed E-state index contributed by atoms with van der Waals surface area (Å²) in [7, 11) is 4.12. The molecule has 0 fully saturated rings. The normalized spacial score (nSPS) is 16.8. The molecule has 1 unspecified atom stereocenters. The van der Waals surface area contributed by atoms with E-state index in [9.17, 15) is 0 Å². The Labute approximate surface area is 155 Å². The Hall–Kier alpha value is -2.53. The Kier molecular flexibility index (Phi) is 6.42. The molecule has 0 radical (unpaired) electrons. The van der Waals surface area contributed by atoms with Crippen LogP contribution in [0, 0.1) is 0 Å². The molecule has 132 valence electrons. The molecular weight excluding hydrogens is 334 g/mol. The lowest BCUT2D eigenvalue weighted by Crippen LogP contribution is -2.43. The summed E-state index contributed by atoms with van der Waals surface area (Å²) in [6, 6.07) is 20.5. The van der Waals surface area contributed by atoms with Gasteiger partial charge in [-0.05, 0) is 35.9 Å². The highest BCUT2D eigenvalue weighted by Crippen LogP contribution is 2.30. The highest BCUT2D eigenvalue weighted by atomic mass is 35.5. The average Bonchev–Trinajstić information content (AvgIpc) is 3.04. The summed E-state index contributed by atoms with van der Waals surface area (Å²) in [4.78, 5) is 2.13. The minimum absolute atomic E-state index is 0. The van der Waals surface area contributed by atoms with Crippen LogP contribution in [0.4, 0.5) is 5.69 Å². The second-order valence-corrected chi connectivity index (χ2v) is 5.86. The van der Waals surface area contributed by atoms with Crippen LogP contribution in [0.3, 0.4) is 0 Å². The van der Waals surface area contributed by atoms with E-state index in [1.807, 2.05) is 34.3 Å². The fourth-order valence-electron chi connectivity index (χ4n) is 2.76. The molecule has 6 heteroatoms. The molecule has 25 heavy (non-hydrogen) atoms.